The van der Waals surface area contributed by atoms with Crippen LogP contribution in [0.1, 0.15) is 18.9 Å². The molecule has 0 unspecified atom stereocenters. The van der Waals surface area contributed by atoms with E-state index >= 15 is 0 Å². The van der Waals surface area contributed by atoms with E-state index in [9.17, 15) is 0 Å². The second kappa shape index (κ2) is 6.51. The van der Waals surface area contributed by atoms with Crippen molar-refractivity contribution in [1.82, 2.24) is 0 Å². The highest BCUT2D eigenvalue weighted by atomic mass is 127. The Morgan fingerprint density at radius 1 is 1.43 bits per heavy atom. The van der Waals surface area contributed by atoms with Gasteiger partial charge < -0.3 is 4.74 Å². The molecule has 1 nitrogen and oxygen atoms in total. The molecule has 0 saturated carbocycles. The lowest BCUT2D eigenvalue weighted by atomic mass is 10.1. The lowest BCUT2D eigenvalue weighted by Gasteiger charge is -2.11. The fraction of sp³-hybridized carbons (Fsp3) is 0.455. The summed E-state index contributed by atoms with van der Waals surface area (Å²) in [5.41, 5.74) is 1.29. The number of alkyl halides is 1. The second-order valence-electron chi connectivity index (χ2n) is 2.94. The standard InChI is InChI=1S/C11H14ClIO/c1-2-14-11-7-3-6-10(13)9(11)5-4-8-12/h3,6-7H,2,4-5,8H2,1H3. The minimum Gasteiger partial charge on any atom is -0.494 e. The second-order valence-corrected chi connectivity index (χ2v) is 4.48. The zero-order valence-corrected chi connectivity index (χ0v) is 11.1. The van der Waals surface area contributed by atoms with Crippen LogP contribution >= 0.6 is 34.2 Å². The largest absolute Gasteiger partial charge is 0.494 e. The van der Waals surface area contributed by atoms with Crippen molar-refractivity contribution in [2.24, 2.45) is 0 Å². The predicted molar refractivity (Wildman–Crippen MR) is 69.4 cm³/mol. The molecule has 1 rings (SSSR count). The zero-order valence-electron chi connectivity index (χ0n) is 8.22. The van der Waals surface area contributed by atoms with Gasteiger partial charge >= 0.3 is 0 Å². The third kappa shape index (κ3) is 3.31. The van der Waals surface area contributed by atoms with Gasteiger partial charge in [0.25, 0.3) is 0 Å². The molecule has 0 aliphatic rings. The maximum atomic E-state index is 5.69. The Bertz CT molecular complexity index is 289. The molecule has 0 aromatic heterocycles. The number of ether oxygens (including phenoxy) is 1. The van der Waals surface area contributed by atoms with Gasteiger partial charge in [0, 0.05) is 15.0 Å². The lowest BCUT2D eigenvalue weighted by molar-refractivity contribution is 0.336. The summed E-state index contributed by atoms with van der Waals surface area (Å²) in [7, 11) is 0. The number of hydrogen-bond donors (Lipinski definition) is 0. The molecule has 14 heavy (non-hydrogen) atoms. The molecular weight excluding hydrogens is 310 g/mol. The van der Waals surface area contributed by atoms with Gasteiger partial charge in [-0.3, -0.25) is 0 Å². The minimum absolute atomic E-state index is 0.705. The summed E-state index contributed by atoms with van der Waals surface area (Å²) >= 11 is 8.03. The molecule has 3 heteroatoms. The van der Waals surface area contributed by atoms with Gasteiger partial charge in [-0.2, -0.15) is 0 Å². The average Bonchev–Trinajstić information content (AvgIpc) is 2.18. The molecule has 0 spiro atoms. The molecule has 0 fully saturated rings. The van der Waals surface area contributed by atoms with Crippen molar-refractivity contribution in [3.8, 4) is 5.75 Å². The van der Waals surface area contributed by atoms with Crippen molar-refractivity contribution < 1.29 is 4.74 Å². The van der Waals surface area contributed by atoms with E-state index in [1.54, 1.807) is 0 Å². The topological polar surface area (TPSA) is 9.23 Å². The van der Waals surface area contributed by atoms with E-state index in [4.69, 9.17) is 16.3 Å². The summed E-state index contributed by atoms with van der Waals surface area (Å²) in [6.45, 7) is 2.72. The Labute approximate surface area is 104 Å². The molecule has 0 aliphatic heterocycles. The van der Waals surface area contributed by atoms with Crippen LogP contribution in [0.5, 0.6) is 5.75 Å². The van der Waals surface area contributed by atoms with Crippen LogP contribution in [0.15, 0.2) is 18.2 Å². The summed E-state index contributed by atoms with van der Waals surface area (Å²) in [5, 5.41) is 0. The SMILES string of the molecule is CCOc1cccc(I)c1CCCCl. The summed E-state index contributed by atoms with van der Waals surface area (Å²) in [6, 6.07) is 6.15. The van der Waals surface area contributed by atoms with Crippen molar-refractivity contribution in [1.29, 1.82) is 0 Å². The Morgan fingerprint density at radius 3 is 2.86 bits per heavy atom. The van der Waals surface area contributed by atoms with E-state index in [1.165, 1.54) is 9.13 Å². The van der Waals surface area contributed by atoms with E-state index in [2.05, 4.69) is 28.7 Å². The summed E-state index contributed by atoms with van der Waals surface area (Å²) in [5.74, 6) is 1.71. The van der Waals surface area contributed by atoms with E-state index < -0.39 is 0 Å². The molecule has 0 atom stereocenters. The smallest absolute Gasteiger partial charge is 0.123 e. The van der Waals surface area contributed by atoms with E-state index in [1.807, 2.05) is 19.1 Å². The van der Waals surface area contributed by atoms with Crippen molar-refractivity contribution in [2.45, 2.75) is 19.8 Å². The maximum Gasteiger partial charge on any atom is 0.123 e. The lowest BCUT2D eigenvalue weighted by Crippen LogP contribution is -1.99. The minimum atomic E-state index is 0.705. The molecule has 0 amide bonds. The fourth-order valence-electron chi connectivity index (χ4n) is 1.32. The molecule has 0 bridgehead atoms. The van der Waals surface area contributed by atoms with Crippen LogP contribution in [0.3, 0.4) is 0 Å². The van der Waals surface area contributed by atoms with Gasteiger partial charge in [-0.05, 0) is 54.5 Å². The van der Waals surface area contributed by atoms with E-state index in [-0.39, 0.29) is 0 Å². The van der Waals surface area contributed by atoms with Gasteiger partial charge in [0.15, 0.2) is 0 Å². The van der Waals surface area contributed by atoms with Gasteiger partial charge in [-0.15, -0.1) is 11.6 Å². The highest BCUT2D eigenvalue weighted by Gasteiger charge is 2.06. The van der Waals surface area contributed by atoms with Crippen LogP contribution in [0.25, 0.3) is 0 Å². The van der Waals surface area contributed by atoms with Crippen LogP contribution in [-0.2, 0) is 6.42 Å². The van der Waals surface area contributed by atoms with Crippen LogP contribution in [0.4, 0.5) is 0 Å². The van der Waals surface area contributed by atoms with Crippen molar-refractivity contribution in [3.05, 3.63) is 27.3 Å². The number of benzene rings is 1. The first-order valence-corrected chi connectivity index (χ1v) is 6.37. The monoisotopic (exact) mass is 324 g/mol. The first-order chi connectivity index (χ1) is 6.79. The molecule has 78 valence electrons. The van der Waals surface area contributed by atoms with Crippen molar-refractivity contribution in [2.75, 3.05) is 12.5 Å². The normalized spacial score (nSPS) is 10.2. The van der Waals surface area contributed by atoms with Gasteiger partial charge in [0.05, 0.1) is 6.61 Å². The van der Waals surface area contributed by atoms with Gasteiger partial charge in [-0.25, -0.2) is 0 Å². The van der Waals surface area contributed by atoms with Crippen LogP contribution in [0, 0.1) is 3.57 Å². The fourth-order valence-corrected chi connectivity index (χ4v) is 2.19. The molecule has 0 heterocycles. The zero-order chi connectivity index (χ0) is 10.4. The quantitative estimate of drug-likeness (QED) is 0.590. The number of rotatable bonds is 5. The van der Waals surface area contributed by atoms with Crippen molar-refractivity contribution >= 4 is 34.2 Å². The molecule has 0 radical (unpaired) electrons. The number of hydrogen-bond acceptors (Lipinski definition) is 1. The summed E-state index contributed by atoms with van der Waals surface area (Å²) in [6.07, 6.45) is 2.00. The molecule has 0 aliphatic carbocycles. The highest BCUT2D eigenvalue weighted by Crippen LogP contribution is 2.25. The third-order valence-corrected chi connectivity index (χ3v) is 3.21. The van der Waals surface area contributed by atoms with Gasteiger partial charge in [0.2, 0.25) is 0 Å². The van der Waals surface area contributed by atoms with Crippen molar-refractivity contribution in [3.63, 3.8) is 0 Å². The van der Waals surface area contributed by atoms with Crippen LogP contribution in [-0.4, -0.2) is 12.5 Å². The summed E-state index contributed by atoms with van der Waals surface area (Å²) in [4.78, 5) is 0. The Balaban J connectivity index is 2.84. The van der Waals surface area contributed by atoms with Crippen LogP contribution < -0.4 is 4.74 Å². The average molecular weight is 325 g/mol. The van der Waals surface area contributed by atoms with E-state index in [0.29, 0.717) is 12.5 Å². The van der Waals surface area contributed by atoms with Gasteiger partial charge in [0.1, 0.15) is 5.75 Å². The molecular formula is C11H14ClIO. The summed E-state index contributed by atoms with van der Waals surface area (Å²) < 4.78 is 6.83. The molecule has 0 saturated heterocycles. The van der Waals surface area contributed by atoms with Crippen LogP contribution in [0.2, 0.25) is 0 Å². The predicted octanol–water partition coefficient (Wildman–Crippen LogP) is 3.86. The third-order valence-electron chi connectivity index (χ3n) is 1.94. The highest BCUT2D eigenvalue weighted by molar-refractivity contribution is 14.1. The first kappa shape index (κ1) is 12.1. The Kier molecular flexibility index (Phi) is 5.63. The van der Waals surface area contributed by atoms with Gasteiger partial charge in [-0.1, -0.05) is 6.07 Å². The molecule has 1 aromatic carbocycles. The Morgan fingerprint density at radius 2 is 2.21 bits per heavy atom. The first-order valence-electron chi connectivity index (χ1n) is 4.75. The maximum absolute atomic E-state index is 5.69. The number of halogens is 2. The van der Waals surface area contributed by atoms with E-state index in [0.717, 1.165) is 18.6 Å². The molecule has 1 aromatic rings. The Hall–Kier alpha value is 0.0400. The molecule has 0 N–H and O–H groups in total.